The molecule has 5 heteroatoms. The molecule has 2 aromatic rings. The molecule has 0 saturated heterocycles. The number of carbonyl (C=O) groups excluding carboxylic acids is 1. The zero-order valence-electron chi connectivity index (χ0n) is 11.4. The molecule has 1 amide bonds. The molecule has 1 aliphatic heterocycles. The molecule has 0 radical (unpaired) electrons. The fourth-order valence-corrected chi connectivity index (χ4v) is 2.38. The molecule has 104 valence electrons. The number of hydrogen-bond acceptors (Lipinski definition) is 4. The summed E-state index contributed by atoms with van der Waals surface area (Å²) in [7, 11) is 0. The van der Waals surface area contributed by atoms with Crippen LogP contribution in [0.1, 0.15) is 32.9 Å². The Morgan fingerprint density at radius 3 is 3.15 bits per heavy atom. The maximum Gasteiger partial charge on any atom is 0.274 e. The van der Waals surface area contributed by atoms with Gasteiger partial charge in [0, 0.05) is 31.6 Å². The van der Waals surface area contributed by atoms with Crippen LogP contribution in [0.4, 0.5) is 0 Å². The predicted molar refractivity (Wildman–Crippen MR) is 74.3 cm³/mol. The molecule has 0 fully saturated rings. The van der Waals surface area contributed by atoms with Gasteiger partial charge in [0.25, 0.3) is 5.91 Å². The minimum Gasteiger partial charge on any atom is -0.360 e. The van der Waals surface area contributed by atoms with Crippen molar-refractivity contribution in [2.75, 3.05) is 6.54 Å². The number of aromatic nitrogens is 1. The van der Waals surface area contributed by atoms with Gasteiger partial charge < -0.3 is 15.2 Å². The van der Waals surface area contributed by atoms with Crippen LogP contribution in [0.3, 0.4) is 0 Å². The van der Waals surface area contributed by atoms with Gasteiger partial charge in [-0.1, -0.05) is 29.4 Å². The van der Waals surface area contributed by atoms with E-state index < -0.39 is 0 Å². The normalized spacial score (nSPS) is 13.8. The first-order chi connectivity index (χ1) is 9.75. The quantitative estimate of drug-likeness (QED) is 0.889. The first-order valence-electron chi connectivity index (χ1n) is 6.76. The van der Waals surface area contributed by atoms with Gasteiger partial charge >= 0.3 is 0 Å². The van der Waals surface area contributed by atoms with Crippen LogP contribution in [0.25, 0.3) is 0 Å². The lowest BCUT2D eigenvalue weighted by molar-refractivity contribution is 0.0941. The summed E-state index contributed by atoms with van der Waals surface area (Å²) in [5, 5.41) is 10.0. The molecular formula is C15H17N3O2. The summed E-state index contributed by atoms with van der Waals surface area (Å²) in [6, 6.07) is 8.00. The van der Waals surface area contributed by atoms with E-state index in [-0.39, 0.29) is 5.91 Å². The van der Waals surface area contributed by atoms with E-state index in [9.17, 15) is 4.79 Å². The fourth-order valence-electron chi connectivity index (χ4n) is 2.38. The highest BCUT2D eigenvalue weighted by Gasteiger charge is 2.23. The monoisotopic (exact) mass is 271 g/mol. The molecule has 2 heterocycles. The molecule has 20 heavy (non-hydrogen) atoms. The average Bonchev–Trinajstić information content (AvgIpc) is 2.90. The van der Waals surface area contributed by atoms with Gasteiger partial charge in [-0.05, 0) is 18.1 Å². The summed E-state index contributed by atoms with van der Waals surface area (Å²) in [6.45, 7) is 4.04. The summed E-state index contributed by atoms with van der Waals surface area (Å²) in [6.07, 6.45) is 0.785. The topological polar surface area (TPSA) is 67.2 Å². The van der Waals surface area contributed by atoms with Crippen LogP contribution in [0.15, 0.2) is 28.8 Å². The van der Waals surface area contributed by atoms with Crippen LogP contribution >= 0.6 is 0 Å². The van der Waals surface area contributed by atoms with Crippen molar-refractivity contribution in [2.45, 2.75) is 26.4 Å². The molecular weight excluding hydrogens is 254 g/mol. The van der Waals surface area contributed by atoms with E-state index in [1.807, 2.05) is 31.2 Å². The number of carbonyl (C=O) groups is 1. The number of nitrogens with zero attached hydrogens (tertiary/aromatic N) is 1. The molecule has 5 nitrogen and oxygen atoms in total. The maximum atomic E-state index is 12.2. The highest BCUT2D eigenvalue weighted by atomic mass is 16.5. The van der Waals surface area contributed by atoms with Crippen molar-refractivity contribution in [3.8, 4) is 0 Å². The Morgan fingerprint density at radius 1 is 1.45 bits per heavy atom. The predicted octanol–water partition coefficient (Wildman–Crippen LogP) is 1.56. The minimum atomic E-state index is -0.179. The number of rotatable bonds is 3. The number of amides is 1. The van der Waals surface area contributed by atoms with Crippen LogP contribution in [-0.4, -0.2) is 17.6 Å². The van der Waals surface area contributed by atoms with Gasteiger partial charge in [-0.25, -0.2) is 0 Å². The van der Waals surface area contributed by atoms with E-state index in [4.69, 9.17) is 4.52 Å². The zero-order chi connectivity index (χ0) is 13.9. The Morgan fingerprint density at radius 2 is 2.30 bits per heavy atom. The number of fused-ring (bicyclic) bond motifs is 1. The maximum absolute atomic E-state index is 12.2. The smallest absolute Gasteiger partial charge is 0.274 e. The van der Waals surface area contributed by atoms with Gasteiger partial charge in [-0.15, -0.1) is 0 Å². The molecule has 3 rings (SSSR count). The van der Waals surface area contributed by atoms with Gasteiger partial charge in [-0.3, -0.25) is 4.79 Å². The highest BCUT2D eigenvalue weighted by Crippen LogP contribution is 2.18. The second-order valence-electron chi connectivity index (χ2n) is 4.97. The Labute approximate surface area is 117 Å². The van der Waals surface area contributed by atoms with Crippen LogP contribution in [0.2, 0.25) is 0 Å². The van der Waals surface area contributed by atoms with Crippen LogP contribution < -0.4 is 10.6 Å². The molecule has 1 aromatic heterocycles. The van der Waals surface area contributed by atoms with Crippen LogP contribution in [-0.2, 0) is 19.5 Å². The van der Waals surface area contributed by atoms with E-state index in [1.165, 1.54) is 0 Å². The SMILES string of the molecule is Cc1ccccc1CNC(=O)c1noc2c1CNCC2. The standard InChI is InChI=1S/C15H17N3O2/c1-10-4-2-3-5-11(10)8-17-15(19)14-12-9-16-7-6-13(12)20-18-14/h2-5,16H,6-9H2,1H3,(H,17,19). The van der Waals surface area contributed by atoms with Gasteiger partial charge in [0.05, 0.1) is 0 Å². The Hall–Kier alpha value is -2.14. The molecule has 2 N–H and O–H groups in total. The van der Waals surface area contributed by atoms with Crippen LogP contribution in [0, 0.1) is 6.92 Å². The Kier molecular flexibility index (Phi) is 3.52. The van der Waals surface area contributed by atoms with Crippen molar-refractivity contribution in [3.05, 3.63) is 52.4 Å². The van der Waals surface area contributed by atoms with Gasteiger partial charge in [-0.2, -0.15) is 0 Å². The first kappa shape index (κ1) is 12.9. The molecule has 0 aliphatic carbocycles. The van der Waals surface area contributed by atoms with Crippen molar-refractivity contribution in [1.29, 1.82) is 0 Å². The summed E-state index contributed by atoms with van der Waals surface area (Å²) in [5.74, 6) is 0.645. The van der Waals surface area contributed by atoms with Gasteiger partial charge in [0.15, 0.2) is 5.69 Å². The van der Waals surface area contributed by atoms with Crippen LogP contribution in [0.5, 0.6) is 0 Å². The summed E-state index contributed by atoms with van der Waals surface area (Å²) in [4.78, 5) is 12.2. The molecule has 1 aromatic carbocycles. The third-order valence-corrected chi connectivity index (χ3v) is 3.62. The third-order valence-electron chi connectivity index (χ3n) is 3.62. The average molecular weight is 271 g/mol. The van der Waals surface area contributed by atoms with E-state index >= 15 is 0 Å². The number of aryl methyl sites for hydroxylation is 1. The fraction of sp³-hybridized carbons (Fsp3) is 0.333. The minimum absolute atomic E-state index is 0.179. The van der Waals surface area contributed by atoms with E-state index in [2.05, 4.69) is 15.8 Å². The lowest BCUT2D eigenvalue weighted by Crippen LogP contribution is -2.28. The van der Waals surface area contributed by atoms with Gasteiger partial charge in [0.2, 0.25) is 0 Å². The largest absolute Gasteiger partial charge is 0.360 e. The summed E-state index contributed by atoms with van der Waals surface area (Å²) < 4.78 is 5.23. The molecule has 0 bridgehead atoms. The number of nitrogens with one attached hydrogen (secondary N) is 2. The Bertz CT molecular complexity index is 634. The summed E-state index contributed by atoms with van der Waals surface area (Å²) in [5.41, 5.74) is 3.56. The van der Waals surface area contributed by atoms with Crippen molar-refractivity contribution < 1.29 is 9.32 Å². The second kappa shape index (κ2) is 5.46. The van der Waals surface area contributed by atoms with Crippen molar-refractivity contribution in [2.24, 2.45) is 0 Å². The lowest BCUT2D eigenvalue weighted by Gasteiger charge is -2.11. The van der Waals surface area contributed by atoms with E-state index in [1.54, 1.807) is 0 Å². The van der Waals surface area contributed by atoms with Gasteiger partial charge in [0.1, 0.15) is 5.76 Å². The number of hydrogen-bond donors (Lipinski definition) is 2. The molecule has 0 atom stereocenters. The molecule has 0 unspecified atom stereocenters. The summed E-state index contributed by atoms with van der Waals surface area (Å²) >= 11 is 0. The van der Waals surface area contributed by atoms with Crippen molar-refractivity contribution in [3.63, 3.8) is 0 Å². The van der Waals surface area contributed by atoms with Crippen molar-refractivity contribution in [1.82, 2.24) is 15.8 Å². The highest BCUT2D eigenvalue weighted by molar-refractivity contribution is 5.93. The van der Waals surface area contributed by atoms with E-state index in [0.29, 0.717) is 18.8 Å². The second-order valence-corrected chi connectivity index (χ2v) is 4.97. The first-order valence-corrected chi connectivity index (χ1v) is 6.76. The van der Waals surface area contributed by atoms with Crippen molar-refractivity contribution >= 4 is 5.91 Å². The third kappa shape index (κ3) is 2.44. The molecule has 0 spiro atoms. The zero-order valence-corrected chi connectivity index (χ0v) is 11.4. The lowest BCUT2D eigenvalue weighted by atomic mass is 10.1. The Balaban J connectivity index is 1.71. The van der Waals surface area contributed by atoms with E-state index in [0.717, 1.165) is 35.4 Å². The number of benzene rings is 1. The molecule has 1 aliphatic rings. The molecule has 0 saturated carbocycles.